The van der Waals surface area contributed by atoms with E-state index < -0.39 is 0 Å². The number of hydrogen-bond donors (Lipinski definition) is 2. The monoisotopic (exact) mass is 184 g/mol. The Labute approximate surface area is 82.5 Å². The van der Waals surface area contributed by atoms with E-state index in [1.165, 1.54) is 32.6 Å². The summed E-state index contributed by atoms with van der Waals surface area (Å²) < 4.78 is 0. The van der Waals surface area contributed by atoms with Gasteiger partial charge in [0.05, 0.1) is 0 Å². The first kappa shape index (κ1) is 11.0. The lowest BCUT2D eigenvalue weighted by Gasteiger charge is -2.16. The molecule has 0 spiro atoms. The Balaban J connectivity index is 2.05. The third-order valence-corrected chi connectivity index (χ3v) is 3.27. The minimum atomic E-state index is 0.824. The predicted molar refractivity (Wildman–Crippen MR) is 57.8 cm³/mol. The maximum atomic E-state index is 3.57. The van der Waals surface area contributed by atoms with Crippen LogP contribution in [-0.4, -0.2) is 26.2 Å². The molecule has 0 amide bonds. The Morgan fingerprint density at radius 1 is 1.46 bits per heavy atom. The number of nitrogens with one attached hydrogen (secondary N) is 2. The highest BCUT2D eigenvalue weighted by atomic mass is 14.9. The van der Waals surface area contributed by atoms with E-state index in [0.29, 0.717) is 0 Å². The lowest BCUT2D eigenvalue weighted by Crippen LogP contribution is -2.30. The van der Waals surface area contributed by atoms with E-state index in [2.05, 4.69) is 31.4 Å². The second-order valence-corrected chi connectivity index (χ2v) is 4.57. The molecule has 0 aromatic rings. The molecule has 1 fully saturated rings. The molecule has 1 unspecified atom stereocenters. The minimum Gasteiger partial charge on any atom is -0.316 e. The van der Waals surface area contributed by atoms with Crippen LogP contribution in [0.1, 0.15) is 27.2 Å². The van der Waals surface area contributed by atoms with E-state index in [-0.39, 0.29) is 0 Å². The minimum absolute atomic E-state index is 0.824. The Morgan fingerprint density at radius 2 is 2.23 bits per heavy atom. The summed E-state index contributed by atoms with van der Waals surface area (Å²) in [5, 5.41) is 7.00. The van der Waals surface area contributed by atoms with Gasteiger partial charge in [0.2, 0.25) is 0 Å². The van der Waals surface area contributed by atoms with Crippen LogP contribution in [0.25, 0.3) is 0 Å². The zero-order chi connectivity index (χ0) is 9.68. The van der Waals surface area contributed by atoms with Crippen molar-refractivity contribution in [3.8, 4) is 0 Å². The van der Waals surface area contributed by atoms with Crippen LogP contribution in [0, 0.1) is 17.8 Å². The fourth-order valence-electron chi connectivity index (χ4n) is 1.80. The zero-order valence-corrected chi connectivity index (χ0v) is 9.27. The molecule has 0 radical (unpaired) electrons. The van der Waals surface area contributed by atoms with Gasteiger partial charge in [-0.3, -0.25) is 0 Å². The molecule has 0 aliphatic carbocycles. The van der Waals surface area contributed by atoms with Gasteiger partial charge in [-0.1, -0.05) is 27.2 Å². The van der Waals surface area contributed by atoms with E-state index in [9.17, 15) is 0 Å². The van der Waals surface area contributed by atoms with Crippen LogP contribution in [0.4, 0.5) is 0 Å². The van der Waals surface area contributed by atoms with Crippen LogP contribution in [0.3, 0.4) is 0 Å². The van der Waals surface area contributed by atoms with E-state index in [4.69, 9.17) is 0 Å². The number of hydrogen-bond acceptors (Lipinski definition) is 2. The largest absolute Gasteiger partial charge is 0.316 e. The summed E-state index contributed by atoms with van der Waals surface area (Å²) in [5.41, 5.74) is 0. The molecule has 1 saturated heterocycles. The molecule has 1 heterocycles. The van der Waals surface area contributed by atoms with Crippen molar-refractivity contribution < 1.29 is 0 Å². The summed E-state index contributed by atoms with van der Waals surface area (Å²) in [6.07, 6.45) is 1.28. The Bertz CT molecular complexity index is 136. The molecule has 0 aromatic carbocycles. The highest BCUT2D eigenvalue weighted by Gasteiger charge is 2.22. The molecule has 2 N–H and O–H groups in total. The fraction of sp³-hybridized carbons (Fsp3) is 1.00. The van der Waals surface area contributed by atoms with Crippen LogP contribution in [0.15, 0.2) is 0 Å². The van der Waals surface area contributed by atoms with Gasteiger partial charge in [-0.05, 0) is 43.9 Å². The molecule has 0 aromatic heterocycles. The lowest BCUT2D eigenvalue weighted by atomic mass is 9.98. The molecular weight excluding hydrogens is 160 g/mol. The van der Waals surface area contributed by atoms with Gasteiger partial charge < -0.3 is 10.6 Å². The second-order valence-electron chi connectivity index (χ2n) is 4.57. The van der Waals surface area contributed by atoms with Crippen molar-refractivity contribution >= 4 is 0 Å². The first-order valence-electron chi connectivity index (χ1n) is 5.65. The van der Waals surface area contributed by atoms with Crippen molar-refractivity contribution in [2.45, 2.75) is 27.2 Å². The van der Waals surface area contributed by atoms with Crippen molar-refractivity contribution in [1.29, 1.82) is 0 Å². The van der Waals surface area contributed by atoms with Crippen molar-refractivity contribution in [2.75, 3.05) is 26.2 Å². The van der Waals surface area contributed by atoms with Gasteiger partial charge in [-0.15, -0.1) is 0 Å². The van der Waals surface area contributed by atoms with E-state index in [0.717, 1.165) is 17.8 Å². The third kappa shape index (κ3) is 3.65. The van der Waals surface area contributed by atoms with Crippen LogP contribution in [0.2, 0.25) is 0 Å². The van der Waals surface area contributed by atoms with Crippen LogP contribution < -0.4 is 10.6 Å². The summed E-state index contributed by atoms with van der Waals surface area (Å²) in [6.45, 7) is 11.7. The Kier molecular flexibility index (Phi) is 4.74. The van der Waals surface area contributed by atoms with E-state index >= 15 is 0 Å². The molecule has 13 heavy (non-hydrogen) atoms. The molecule has 3 atom stereocenters. The van der Waals surface area contributed by atoms with Crippen LogP contribution in [0.5, 0.6) is 0 Å². The molecule has 1 rings (SSSR count). The smallest absolute Gasteiger partial charge is 0.000523 e. The predicted octanol–water partition coefficient (Wildman–Crippen LogP) is 1.48. The van der Waals surface area contributed by atoms with Gasteiger partial charge in [0.1, 0.15) is 0 Å². The molecule has 1 aliphatic rings. The molecule has 78 valence electrons. The molecule has 1 aliphatic heterocycles. The van der Waals surface area contributed by atoms with E-state index in [1.807, 2.05) is 0 Å². The molecule has 0 saturated carbocycles. The average Bonchev–Trinajstić information content (AvgIpc) is 2.52. The summed E-state index contributed by atoms with van der Waals surface area (Å²) in [4.78, 5) is 0. The van der Waals surface area contributed by atoms with Crippen molar-refractivity contribution in [1.82, 2.24) is 10.6 Å². The molecule has 2 heteroatoms. The first-order chi connectivity index (χ1) is 6.24. The standard InChI is InChI=1S/C11H24N2/c1-4-9(2)5-12-7-11-8-13-6-10(11)3/h9-13H,4-8H2,1-3H3/t9?,10-,11-/m1/s1. The second kappa shape index (κ2) is 5.61. The Hall–Kier alpha value is -0.0800. The number of rotatable bonds is 5. The summed E-state index contributed by atoms with van der Waals surface area (Å²) >= 11 is 0. The normalized spacial score (nSPS) is 30.7. The summed E-state index contributed by atoms with van der Waals surface area (Å²) in [5.74, 6) is 2.53. The van der Waals surface area contributed by atoms with Gasteiger partial charge in [-0.25, -0.2) is 0 Å². The highest BCUT2D eigenvalue weighted by molar-refractivity contribution is 4.79. The van der Waals surface area contributed by atoms with Crippen molar-refractivity contribution in [2.24, 2.45) is 17.8 Å². The zero-order valence-electron chi connectivity index (χ0n) is 9.27. The highest BCUT2D eigenvalue weighted by Crippen LogP contribution is 2.14. The van der Waals surface area contributed by atoms with Crippen LogP contribution in [-0.2, 0) is 0 Å². The fourth-order valence-corrected chi connectivity index (χ4v) is 1.80. The summed E-state index contributed by atoms with van der Waals surface area (Å²) in [7, 11) is 0. The van der Waals surface area contributed by atoms with Crippen LogP contribution >= 0.6 is 0 Å². The maximum absolute atomic E-state index is 3.57. The van der Waals surface area contributed by atoms with Crippen molar-refractivity contribution in [3.05, 3.63) is 0 Å². The van der Waals surface area contributed by atoms with Crippen molar-refractivity contribution in [3.63, 3.8) is 0 Å². The molecular formula is C11H24N2. The first-order valence-corrected chi connectivity index (χ1v) is 5.65. The third-order valence-electron chi connectivity index (χ3n) is 3.27. The maximum Gasteiger partial charge on any atom is -0.000523 e. The lowest BCUT2D eigenvalue weighted by molar-refractivity contribution is 0.397. The molecule has 0 bridgehead atoms. The van der Waals surface area contributed by atoms with Gasteiger partial charge >= 0.3 is 0 Å². The van der Waals surface area contributed by atoms with Gasteiger partial charge in [0.15, 0.2) is 0 Å². The molecule has 2 nitrogen and oxygen atoms in total. The Morgan fingerprint density at radius 3 is 2.77 bits per heavy atom. The quantitative estimate of drug-likeness (QED) is 0.676. The average molecular weight is 184 g/mol. The van der Waals surface area contributed by atoms with Gasteiger partial charge in [0.25, 0.3) is 0 Å². The van der Waals surface area contributed by atoms with Gasteiger partial charge in [0, 0.05) is 0 Å². The topological polar surface area (TPSA) is 24.1 Å². The SMILES string of the molecule is CCC(C)CNC[C@@H]1CNC[C@H]1C. The summed E-state index contributed by atoms with van der Waals surface area (Å²) in [6, 6.07) is 0. The van der Waals surface area contributed by atoms with E-state index in [1.54, 1.807) is 0 Å². The van der Waals surface area contributed by atoms with Gasteiger partial charge in [-0.2, -0.15) is 0 Å².